The summed E-state index contributed by atoms with van der Waals surface area (Å²) in [5.41, 5.74) is 0.174. The van der Waals surface area contributed by atoms with Crippen molar-refractivity contribution >= 4 is 17.2 Å². The van der Waals surface area contributed by atoms with Gasteiger partial charge in [-0.15, -0.1) is 11.3 Å². The molecule has 1 aliphatic carbocycles. The van der Waals surface area contributed by atoms with Gasteiger partial charge in [0.2, 0.25) is 5.91 Å². The highest BCUT2D eigenvalue weighted by molar-refractivity contribution is 7.11. The van der Waals surface area contributed by atoms with Crippen molar-refractivity contribution in [1.82, 2.24) is 30.4 Å². The van der Waals surface area contributed by atoms with Crippen molar-refractivity contribution in [3.63, 3.8) is 0 Å². The monoisotopic (exact) mass is 506 g/mol. The Balaban J connectivity index is 1.39. The van der Waals surface area contributed by atoms with Crippen LogP contribution in [0.2, 0.25) is 0 Å². The van der Waals surface area contributed by atoms with Crippen molar-refractivity contribution in [2.45, 2.75) is 50.7 Å². The second-order valence-electron chi connectivity index (χ2n) is 9.35. The van der Waals surface area contributed by atoms with E-state index < -0.39 is 17.5 Å². The highest BCUT2D eigenvalue weighted by Gasteiger charge is 2.67. The lowest BCUT2D eigenvalue weighted by Crippen LogP contribution is -2.42. The molecule has 1 aromatic carbocycles. The van der Waals surface area contributed by atoms with Gasteiger partial charge in [0.1, 0.15) is 6.33 Å². The molecule has 1 saturated carbocycles. The minimum absolute atomic E-state index is 0.0170. The Hall–Kier alpha value is -2.79. The van der Waals surface area contributed by atoms with Crippen LogP contribution in [0.5, 0.6) is 0 Å². The predicted octanol–water partition coefficient (Wildman–Crippen LogP) is 4.34. The van der Waals surface area contributed by atoms with Crippen LogP contribution in [-0.4, -0.2) is 63.8 Å². The van der Waals surface area contributed by atoms with Crippen LogP contribution < -0.4 is 5.32 Å². The van der Waals surface area contributed by atoms with Crippen LogP contribution in [0, 0.1) is 12.3 Å². The first-order valence-electron chi connectivity index (χ1n) is 11.5. The van der Waals surface area contributed by atoms with E-state index in [1.807, 2.05) is 43.3 Å². The number of carbonyl (C=O) groups excluding carboxylic acids is 1. The molecule has 188 valence electrons. The normalized spacial score (nSPS) is 16.8. The summed E-state index contributed by atoms with van der Waals surface area (Å²) in [5, 5.41) is 10.3. The van der Waals surface area contributed by atoms with Crippen LogP contribution >= 0.6 is 11.3 Å². The number of H-pyrrole nitrogens is 1. The lowest BCUT2D eigenvalue weighted by atomic mass is 9.84. The lowest BCUT2D eigenvalue weighted by molar-refractivity contribution is -0.194. The predicted molar refractivity (Wildman–Crippen MR) is 128 cm³/mol. The van der Waals surface area contributed by atoms with Crippen molar-refractivity contribution < 1.29 is 18.0 Å². The van der Waals surface area contributed by atoms with Crippen LogP contribution in [0.4, 0.5) is 13.2 Å². The van der Waals surface area contributed by atoms with Crippen molar-refractivity contribution in [3.05, 3.63) is 52.2 Å². The zero-order valence-electron chi connectivity index (χ0n) is 19.9. The Labute approximate surface area is 206 Å². The quantitative estimate of drug-likeness (QED) is 0.427. The molecule has 1 aliphatic rings. The van der Waals surface area contributed by atoms with Gasteiger partial charge >= 0.3 is 6.18 Å². The van der Waals surface area contributed by atoms with E-state index in [9.17, 15) is 18.0 Å². The number of likely N-dealkylation sites (N-methyl/N-ethyl adjacent to an activating group) is 1. The van der Waals surface area contributed by atoms with E-state index in [2.05, 4.69) is 25.5 Å². The second-order valence-corrected chi connectivity index (χ2v) is 10.6. The molecule has 0 spiro atoms. The van der Waals surface area contributed by atoms with Crippen molar-refractivity contribution in [2.24, 2.45) is 5.41 Å². The summed E-state index contributed by atoms with van der Waals surface area (Å²) in [6, 6.07) is 7.89. The largest absolute Gasteiger partial charge is 0.395 e. The molecule has 11 heteroatoms. The molecule has 3 aromatic rings. The van der Waals surface area contributed by atoms with Gasteiger partial charge in [0.25, 0.3) is 0 Å². The summed E-state index contributed by atoms with van der Waals surface area (Å²) in [6.07, 6.45) is -0.824. The van der Waals surface area contributed by atoms with Crippen molar-refractivity contribution in [2.75, 3.05) is 20.6 Å². The zero-order valence-corrected chi connectivity index (χ0v) is 20.7. The molecule has 1 amide bonds. The maximum Gasteiger partial charge on any atom is 0.395 e. The number of carbonyl (C=O) groups is 1. The van der Waals surface area contributed by atoms with Crippen LogP contribution in [0.25, 0.3) is 11.4 Å². The average Bonchev–Trinajstić information content (AvgIpc) is 3.23. The number of aryl methyl sites for hydroxylation is 1. The van der Waals surface area contributed by atoms with E-state index in [1.165, 1.54) is 23.9 Å². The molecular formula is C24H29F3N6OS. The smallest absolute Gasteiger partial charge is 0.355 e. The number of nitrogens with zero attached hydrogens (tertiary/aromatic N) is 4. The fraction of sp³-hybridized carbons (Fsp3) is 0.500. The molecule has 2 N–H and O–H groups in total. The molecule has 35 heavy (non-hydrogen) atoms. The SMILES string of the molecule is Cc1ncc([C@H](CC(=O)NC[C@H](Cc2ccc(-c3ncn[nH]3)cc2)N(C)C)C2(C(F)(F)F)CC2)s1. The van der Waals surface area contributed by atoms with Gasteiger partial charge in [0, 0.05) is 41.6 Å². The molecule has 2 heterocycles. The first kappa shape index (κ1) is 25.3. The number of halogens is 3. The zero-order chi connectivity index (χ0) is 25.2. The lowest BCUT2D eigenvalue weighted by Gasteiger charge is -2.29. The van der Waals surface area contributed by atoms with Crippen LogP contribution in [0.1, 0.15) is 40.6 Å². The summed E-state index contributed by atoms with van der Waals surface area (Å²) in [5.74, 6) is -0.592. The third-order valence-electron chi connectivity index (χ3n) is 6.77. The molecule has 4 rings (SSSR count). The van der Waals surface area contributed by atoms with Gasteiger partial charge in [-0.3, -0.25) is 9.89 Å². The number of alkyl halides is 3. The van der Waals surface area contributed by atoms with E-state index in [1.54, 1.807) is 6.92 Å². The third kappa shape index (κ3) is 5.72. The fourth-order valence-electron chi connectivity index (χ4n) is 4.41. The number of rotatable bonds is 10. The van der Waals surface area contributed by atoms with Gasteiger partial charge in [-0.05, 0) is 45.8 Å². The molecule has 0 unspecified atom stereocenters. The van der Waals surface area contributed by atoms with Crippen LogP contribution in [0.3, 0.4) is 0 Å². The maximum atomic E-state index is 13.9. The number of hydrogen-bond donors (Lipinski definition) is 2. The Bertz CT molecular complexity index is 1120. The molecule has 7 nitrogen and oxygen atoms in total. The van der Waals surface area contributed by atoms with Gasteiger partial charge in [0.05, 0.1) is 10.4 Å². The third-order valence-corrected chi connectivity index (χ3v) is 7.80. The topological polar surface area (TPSA) is 86.8 Å². The summed E-state index contributed by atoms with van der Waals surface area (Å²) in [7, 11) is 3.84. The number of aromatic amines is 1. The summed E-state index contributed by atoms with van der Waals surface area (Å²) < 4.78 is 41.7. The molecule has 0 radical (unpaired) electrons. The number of hydrogen-bond acceptors (Lipinski definition) is 6. The summed E-state index contributed by atoms with van der Waals surface area (Å²) in [4.78, 5) is 23.7. The minimum atomic E-state index is -4.35. The second kappa shape index (κ2) is 10.1. The summed E-state index contributed by atoms with van der Waals surface area (Å²) >= 11 is 1.24. The molecule has 2 aromatic heterocycles. The number of nitrogens with one attached hydrogen (secondary N) is 2. The fourth-order valence-corrected chi connectivity index (χ4v) is 5.42. The van der Waals surface area contributed by atoms with Gasteiger partial charge < -0.3 is 10.2 Å². The van der Waals surface area contributed by atoms with Gasteiger partial charge in [-0.2, -0.15) is 18.3 Å². The first-order chi connectivity index (χ1) is 16.6. The highest BCUT2D eigenvalue weighted by Crippen LogP contribution is 2.66. The van der Waals surface area contributed by atoms with E-state index in [4.69, 9.17) is 0 Å². The van der Waals surface area contributed by atoms with Gasteiger partial charge in [-0.1, -0.05) is 24.3 Å². The van der Waals surface area contributed by atoms with E-state index in [0.717, 1.165) is 11.1 Å². The summed E-state index contributed by atoms with van der Waals surface area (Å²) in [6.45, 7) is 2.10. The van der Waals surface area contributed by atoms with Gasteiger partial charge in [-0.25, -0.2) is 9.97 Å². The molecule has 0 aliphatic heterocycles. The van der Waals surface area contributed by atoms with E-state index in [0.29, 0.717) is 28.7 Å². The molecule has 2 atom stereocenters. The number of aromatic nitrogens is 4. The maximum absolute atomic E-state index is 13.9. The van der Waals surface area contributed by atoms with Crippen molar-refractivity contribution in [1.29, 1.82) is 0 Å². The van der Waals surface area contributed by atoms with Gasteiger partial charge in [0.15, 0.2) is 5.82 Å². The van der Waals surface area contributed by atoms with E-state index in [-0.39, 0.29) is 31.2 Å². The number of amides is 1. The Morgan fingerprint density at radius 2 is 1.94 bits per heavy atom. The average molecular weight is 507 g/mol. The molecular weight excluding hydrogens is 477 g/mol. The molecule has 0 bridgehead atoms. The van der Waals surface area contributed by atoms with Crippen molar-refractivity contribution in [3.8, 4) is 11.4 Å². The highest BCUT2D eigenvalue weighted by atomic mass is 32.1. The minimum Gasteiger partial charge on any atom is -0.355 e. The molecule has 1 fully saturated rings. The number of benzene rings is 1. The van der Waals surface area contributed by atoms with Crippen LogP contribution in [0.15, 0.2) is 36.8 Å². The Kier molecular flexibility index (Phi) is 7.27. The standard InChI is InChI=1S/C24H29F3N6OS/c1-15-28-13-20(35-15)19(23(8-9-23)24(25,26)27)11-21(34)29-12-18(33(2)3)10-16-4-6-17(7-5-16)22-30-14-31-32-22/h4-7,13-14,18-19H,8-12H2,1-3H3,(H,29,34)(H,30,31,32)/t18-,19-/m0/s1. The Morgan fingerprint density at radius 1 is 1.23 bits per heavy atom. The Morgan fingerprint density at radius 3 is 2.46 bits per heavy atom. The molecule has 0 saturated heterocycles. The van der Waals surface area contributed by atoms with E-state index >= 15 is 0 Å². The van der Waals surface area contributed by atoms with Crippen LogP contribution in [-0.2, 0) is 11.2 Å². The first-order valence-corrected chi connectivity index (χ1v) is 12.3. The number of thiazole rings is 1.